The van der Waals surface area contributed by atoms with Gasteiger partial charge in [0.05, 0.1) is 18.9 Å². The molecule has 0 N–H and O–H groups in total. The van der Waals surface area contributed by atoms with E-state index in [0.29, 0.717) is 5.92 Å². The molecule has 0 saturated carbocycles. The number of carbonyl (C=O) groups is 1. The number of aryl methyl sites for hydroxylation is 2. The number of amides is 1. The Morgan fingerprint density at radius 3 is 2.83 bits per heavy atom. The van der Waals surface area contributed by atoms with Crippen LogP contribution in [-0.4, -0.2) is 71.4 Å². The fraction of sp³-hybridized carbons (Fsp3) is 0.778. The van der Waals surface area contributed by atoms with Crippen LogP contribution in [0.1, 0.15) is 41.0 Å². The molecule has 6 heteroatoms. The quantitative estimate of drug-likeness (QED) is 0.832. The lowest BCUT2D eigenvalue weighted by Gasteiger charge is -2.29. The smallest absolute Gasteiger partial charge is 0.272 e. The van der Waals surface area contributed by atoms with E-state index < -0.39 is 0 Å². The predicted octanol–water partition coefficient (Wildman–Crippen LogP) is 1.09. The molecular formula is C18H28N4O2. The van der Waals surface area contributed by atoms with Gasteiger partial charge in [-0.15, -0.1) is 0 Å². The Hall–Kier alpha value is -1.40. The highest BCUT2D eigenvalue weighted by molar-refractivity contribution is 5.94. The molecule has 24 heavy (non-hydrogen) atoms. The third-order valence-corrected chi connectivity index (χ3v) is 5.71. The molecule has 0 spiro atoms. The van der Waals surface area contributed by atoms with E-state index in [1.807, 2.05) is 11.7 Å². The minimum Gasteiger partial charge on any atom is -0.379 e. The maximum atomic E-state index is 13.1. The summed E-state index contributed by atoms with van der Waals surface area (Å²) in [4.78, 5) is 17.6. The lowest BCUT2D eigenvalue weighted by atomic mass is 9.95. The molecule has 2 aliphatic heterocycles. The van der Waals surface area contributed by atoms with Crippen LogP contribution in [0.25, 0.3) is 0 Å². The highest BCUT2D eigenvalue weighted by atomic mass is 16.5. The monoisotopic (exact) mass is 332 g/mol. The molecule has 1 amide bonds. The third-order valence-electron chi connectivity index (χ3n) is 5.71. The van der Waals surface area contributed by atoms with Crippen molar-refractivity contribution in [3.8, 4) is 0 Å². The van der Waals surface area contributed by atoms with Crippen LogP contribution in [-0.2, 0) is 24.6 Å². The van der Waals surface area contributed by atoms with Gasteiger partial charge < -0.3 is 9.64 Å². The molecule has 3 aliphatic rings. The molecule has 4 rings (SSSR count). The number of rotatable bonds is 3. The van der Waals surface area contributed by atoms with Gasteiger partial charge in [-0.25, -0.2) is 0 Å². The van der Waals surface area contributed by atoms with E-state index in [4.69, 9.17) is 4.74 Å². The topological polar surface area (TPSA) is 50.6 Å². The van der Waals surface area contributed by atoms with Crippen LogP contribution < -0.4 is 0 Å². The second-order valence-electron chi connectivity index (χ2n) is 7.42. The Morgan fingerprint density at radius 2 is 2.00 bits per heavy atom. The molecule has 1 atom stereocenters. The molecule has 132 valence electrons. The van der Waals surface area contributed by atoms with Gasteiger partial charge in [0, 0.05) is 45.3 Å². The van der Waals surface area contributed by atoms with Crippen molar-refractivity contribution in [2.45, 2.75) is 32.1 Å². The van der Waals surface area contributed by atoms with E-state index in [9.17, 15) is 4.79 Å². The van der Waals surface area contributed by atoms with Gasteiger partial charge in [0.2, 0.25) is 0 Å². The van der Waals surface area contributed by atoms with Crippen LogP contribution in [0, 0.1) is 5.92 Å². The van der Waals surface area contributed by atoms with Crippen LogP contribution in [0.5, 0.6) is 0 Å². The lowest BCUT2D eigenvalue weighted by Crippen LogP contribution is -2.40. The molecule has 0 radical (unpaired) electrons. The number of hydrogen-bond donors (Lipinski definition) is 0. The molecule has 1 aromatic rings. The minimum absolute atomic E-state index is 0.192. The van der Waals surface area contributed by atoms with E-state index in [0.717, 1.165) is 76.6 Å². The maximum absolute atomic E-state index is 13.1. The van der Waals surface area contributed by atoms with Crippen molar-refractivity contribution in [3.05, 3.63) is 17.0 Å². The molecule has 2 fully saturated rings. The first kappa shape index (κ1) is 16.1. The van der Waals surface area contributed by atoms with Crippen molar-refractivity contribution in [2.75, 3.05) is 45.9 Å². The van der Waals surface area contributed by atoms with Crippen molar-refractivity contribution >= 4 is 5.91 Å². The van der Waals surface area contributed by atoms with Gasteiger partial charge in [-0.2, -0.15) is 5.10 Å². The molecular weight excluding hydrogens is 304 g/mol. The Kier molecular flexibility index (Phi) is 4.59. The highest BCUT2D eigenvalue weighted by Gasteiger charge is 2.32. The Bertz CT molecular complexity index is 606. The zero-order chi connectivity index (χ0) is 16.5. The van der Waals surface area contributed by atoms with Gasteiger partial charge >= 0.3 is 0 Å². The van der Waals surface area contributed by atoms with Crippen LogP contribution in [0.2, 0.25) is 0 Å². The summed E-state index contributed by atoms with van der Waals surface area (Å²) in [6.45, 7) is 6.60. The largest absolute Gasteiger partial charge is 0.379 e. The summed E-state index contributed by atoms with van der Waals surface area (Å²) >= 11 is 0. The average Bonchev–Trinajstić information content (AvgIpc) is 3.19. The summed E-state index contributed by atoms with van der Waals surface area (Å²) in [6, 6.07) is 0. The molecule has 2 saturated heterocycles. The first-order chi connectivity index (χ1) is 11.7. The van der Waals surface area contributed by atoms with Gasteiger partial charge in [0.25, 0.3) is 5.91 Å². The first-order valence-corrected chi connectivity index (χ1v) is 9.36. The summed E-state index contributed by atoms with van der Waals surface area (Å²) in [7, 11) is 1.92. The second kappa shape index (κ2) is 6.84. The van der Waals surface area contributed by atoms with Crippen LogP contribution in [0.4, 0.5) is 0 Å². The Labute approximate surface area is 143 Å². The van der Waals surface area contributed by atoms with Gasteiger partial charge in [-0.3, -0.25) is 14.4 Å². The number of hydrogen-bond acceptors (Lipinski definition) is 4. The van der Waals surface area contributed by atoms with Gasteiger partial charge in [0.1, 0.15) is 5.69 Å². The normalized spacial score (nSPS) is 25.0. The molecule has 1 unspecified atom stereocenters. The van der Waals surface area contributed by atoms with Crippen LogP contribution >= 0.6 is 0 Å². The molecule has 0 aromatic carbocycles. The number of aromatic nitrogens is 2. The van der Waals surface area contributed by atoms with E-state index in [-0.39, 0.29) is 5.91 Å². The number of morpholine rings is 1. The SMILES string of the molecule is Cn1nc2c(c1C(=O)N1CCC(CN3CCOCC3)C1)CCCC2. The van der Waals surface area contributed by atoms with Crippen LogP contribution in [0.15, 0.2) is 0 Å². The summed E-state index contributed by atoms with van der Waals surface area (Å²) in [5.74, 6) is 0.786. The van der Waals surface area contributed by atoms with Crippen molar-refractivity contribution < 1.29 is 9.53 Å². The summed E-state index contributed by atoms with van der Waals surface area (Å²) < 4.78 is 7.25. The predicted molar refractivity (Wildman–Crippen MR) is 91.1 cm³/mol. The first-order valence-electron chi connectivity index (χ1n) is 9.36. The van der Waals surface area contributed by atoms with E-state index in [2.05, 4.69) is 14.9 Å². The zero-order valence-electron chi connectivity index (χ0n) is 14.7. The zero-order valence-corrected chi connectivity index (χ0v) is 14.7. The fourth-order valence-electron chi connectivity index (χ4n) is 4.41. The van der Waals surface area contributed by atoms with Crippen molar-refractivity contribution in [1.82, 2.24) is 19.6 Å². The number of ether oxygens (including phenoxy) is 1. The van der Waals surface area contributed by atoms with Crippen LogP contribution in [0.3, 0.4) is 0 Å². The van der Waals surface area contributed by atoms with Crippen molar-refractivity contribution in [3.63, 3.8) is 0 Å². The molecule has 1 aromatic heterocycles. The molecule has 0 bridgehead atoms. The van der Waals surface area contributed by atoms with Crippen molar-refractivity contribution in [2.24, 2.45) is 13.0 Å². The number of fused-ring (bicyclic) bond motifs is 1. The number of carbonyl (C=O) groups excluding carboxylic acids is 1. The molecule has 1 aliphatic carbocycles. The van der Waals surface area contributed by atoms with Gasteiger partial charge in [-0.1, -0.05) is 0 Å². The summed E-state index contributed by atoms with van der Waals surface area (Å²) in [6.07, 6.45) is 5.52. The lowest BCUT2D eigenvalue weighted by molar-refractivity contribution is 0.0310. The summed E-state index contributed by atoms with van der Waals surface area (Å²) in [5.41, 5.74) is 3.21. The third kappa shape index (κ3) is 3.09. The van der Waals surface area contributed by atoms with Gasteiger partial charge in [0.15, 0.2) is 0 Å². The average molecular weight is 332 g/mol. The Balaban J connectivity index is 1.41. The van der Waals surface area contributed by atoms with E-state index in [1.165, 1.54) is 18.4 Å². The minimum atomic E-state index is 0.192. The van der Waals surface area contributed by atoms with E-state index in [1.54, 1.807) is 0 Å². The number of nitrogens with zero attached hydrogens (tertiary/aromatic N) is 4. The summed E-state index contributed by atoms with van der Waals surface area (Å²) in [5, 5.41) is 4.60. The second-order valence-corrected chi connectivity index (χ2v) is 7.42. The molecule has 6 nitrogen and oxygen atoms in total. The maximum Gasteiger partial charge on any atom is 0.272 e. The van der Waals surface area contributed by atoms with Crippen molar-refractivity contribution in [1.29, 1.82) is 0 Å². The Morgan fingerprint density at radius 1 is 1.21 bits per heavy atom. The highest BCUT2D eigenvalue weighted by Crippen LogP contribution is 2.27. The number of likely N-dealkylation sites (tertiary alicyclic amines) is 1. The molecule has 3 heterocycles. The standard InChI is InChI=1S/C18H28N4O2/c1-20-17(15-4-2-3-5-16(15)19-20)18(23)22-7-6-14(13-22)12-21-8-10-24-11-9-21/h14H,2-13H2,1H3. The van der Waals surface area contributed by atoms with E-state index >= 15 is 0 Å². The van der Waals surface area contributed by atoms with Gasteiger partial charge in [-0.05, 0) is 38.0 Å². The fourth-order valence-corrected chi connectivity index (χ4v) is 4.41.